The Labute approximate surface area is 132 Å². The van der Waals surface area contributed by atoms with Gasteiger partial charge in [-0.25, -0.2) is 0 Å². The van der Waals surface area contributed by atoms with E-state index in [9.17, 15) is 9.59 Å². The topological polar surface area (TPSA) is 55.8 Å². The second-order valence-corrected chi connectivity index (χ2v) is 5.39. The smallest absolute Gasteiger partial charge is 0.307 e. The van der Waals surface area contributed by atoms with Crippen LogP contribution in [-0.4, -0.2) is 43.1 Å². The van der Waals surface area contributed by atoms with Crippen molar-refractivity contribution in [2.45, 2.75) is 27.2 Å². The largest absolute Gasteiger partial charge is 0.484 e. The van der Waals surface area contributed by atoms with Crippen LogP contribution in [0, 0.1) is 5.92 Å². The SMILES string of the molecule is CCOC(=O)CCN(CC(C)C)C(=O)COc1ccccc1. The number of hydrogen-bond donors (Lipinski definition) is 0. The first kappa shape index (κ1) is 18.0. The highest BCUT2D eigenvalue weighted by molar-refractivity contribution is 5.78. The first-order valence-electron chi connectivity index (χ1n) is 7.64. The third kappa shape index (κ3) is 7.11. The second-order valence-electron chi connectivity index (χ2n) is 5.39. The molecule has 5 nitrogen and oxygen atoms in total. The summed E-state index contributed by atoms with van der Waals surface area (Å²) >= 11 is 0. The summed E-state index contributed by atoms with van der Waals surface area (Å²) in [6.07, 6.45) is 0.206. The lowest BCUT2D eigenvalue weighted by atomic mass is 10.2. The van der Waals surface area contributed by atoms with E-state index in [-0.39, 0.29) is 24.9 Å². The predicted octanol–water partition coefficient (Wildman–Crippen LogP) is 2.50. The first-order chi connectivity index (χ1) is 10.5. The van der Waals surface area contributed by atoms with E-state index in [1.165, 1.54) is 0 Å². The van der Waals surface area contributed by atoms with Crippen LogP contribution in [0.4, 0.5) is 0 Å². The molecule has 1 amide bonds. The number of carbonyl (C=O) groups is 2. The Balaban J connectivity index is 2.50. The molecule has 0 spiro atoms. The van der Waals surface area contributed by atoms with Crippen LogP contribution in [0.3, 0.4) is 0 Å². The van der Waals surface area contributed by atoms with Crippen molar-refractivity contribution >= 4 is 11.9 Å². The Kier molecular flexibility index (Phi) is 8.04. The third-order valence-electron chi connectivity index (χ3n) is 2.93. The van der Waals surface area contributed by atoms with Crippen molar-refractivity contribution in [1.29, 1.82) is 0 Å². The minimum Gasteiger partial charge on any atom is -0.484 e. The molecular formula is C17H25NO4. The Morgan fingerprint density at radius 1 is 1.18 bits per heavy atom. The van der Waals surface area contributed by atoms with Gasteiger partial charge in [0.15, 0.2) is 6.61 Å². The monoisotopic (exact) mass is 307 g/mol. The molecule has 1 aromatic carbocycles. The molecule has 0 aliphatic heterocycles. The lowest BCUT2D eigenvalue weighted by Crippen LogP contribution is -2.39. The zero-order valence-corrected chi connectivity index (χ0v) is 13.6. The van der Waals surface area contributed by atoms with E-state index in [1.54, 1.807) is 24.0 Å². The highest BCUT2D eigenvalue weighted by atomic mass is 16.5. The minimum atomic E-state index is -0.284. The van der Waals surface area contributed by atoms with E-state index in [1.807, 2.05) is 32.0 Å². The second kappa shape index (κ2) is 9.82. The fraction of sp³-hybridized carbons (Fsp3) is 0.529. The molecule has 0 aromatic heterocycles. The number of para-hydroxylation sites is 1. The number of benzene rings is 1. The van der Waals surface area contributed by atoms with Gasteiger partial charge in [-0.1, -0.05) is 32.0 Å². The van der Waals surface area contributed by atoms with E-state index in [0.717, 1.165) is 0 Å². The summed E-state index contributed by atoms with van der Waals surface area (Å²) in [7, 11) is 0. The van der Waals surface area contributed by atoms with E-state index in [4.69, 9.17) is 9.47 Å². The maximum atomic E-state index is 12.3. The quantitative estimate of drug-likeness (QED) is 0.658. The average Bonchev–Trinajstić information content (AvgIpc) is 2.50. The van der Waals surface area contributed by atoms with Crippen LogP contribution in [0.25, 0.3) is 0 Å². The molecule has 0 aliphatic rings. The zero-order chi connectivity index (χ0) is 16.4. The van der Waals surface area contributed by atoms with Gasteiger partial charge in [-0.3, -0.25) is 9.59 Å². The van der Waals surface area contributed by atoms with Crippen LogP contribution in [0.2, 0.25) is 0 Å². The molecule has 0 atom stereocenters. The third-order valence-corrected chi connectivity index (χ3v) is 2.93. The van der Waals surface area contributed by atoms with Crippen LogP contribution in [0.5, 0.6) is 5.75 Å². The Morgan fingerprint density at radius 3 is 2.45 bits per heavy atom. The summed E-state index contributed by atoms with van der Waals surface area (Å²) in [5, 5.41) is 0. The number of nitrogens with zero attached hydrogens (tertiary/aromatic N) is 1. The van der Waals surface area contributed by atoms with E-state index < -0.39 is 0 Å². The van der Waals surface area contributed by atoms with Gasteiger partial charge in [0.2, 0.25) is 0 Å². The summed E-state index contributed by atoms with van der Waals surface area (Å²) < 4.78 is 10.4. The standard InChI is InChI=1S/C17H25NO4/c1-4-21-17(20)10-11-18(12-14(2)3)16(19)13-22-15-8-6-5-7-9-15/h5-9,14H,4,10-13H2,1-3H3. The van der Waals surface area contributed by atoms with Gasteiger partial charge in [0.1, 0.15) is 5.75 Å². The van der Waals surface area contributed by atoms with Crippen LogP contribution < -0.4 is 4.74 Å². The van der Waals surface area contributed by atoms with Gasteiger partial charge in [0, 0.05) is 13.1 Å². The minimum absolute atomic E-state index is 0.0282. The summed E-state index contributed by atoms with van der Waals surface area (Å²) in [6.45, 7) is 7.10. The lowest BCUT2D eigenvalue weighted by molar-refractivity contribution is -0.144. The van der Waals surface area contributed by atoms with Gasteiger partial charge < -0.3 is 14.4 Å². The van der Waals surface area contributed by atoms with Gasteiger partial charge in [0.25, 0.3) is 5.91 Å². The number of esters is 1. The first-order valence-corrected chi connectivity index (χ1v) is 7.64. The van der Waals surface area contributed by atoms with Crippen LogP contribution >= 0.6 is 0 Å². The number of ether oxygens (including phenoxy) is 2. The average molecular weight is 307 g/mol. The number of hydrogen-bond acceptors (Lipinski definition) is 4. The van der Waals surface area contributed by atoms with E-state index >= 15 is 0 Å². The van der Waals surface area contributed by atoms with Gasteiger partial charge in [-0.2, -0.15) is 0 Å². The number of carbonyl (C=O) groups excluding carboxylic acids is 2. The molecule has 122 valence electrons. The number of amides is 1. The van der Waals surface area contributed by atoms with Gasteiger partial charge in [-0.05, 0) is 25.0 Å². The van der Waals surface area contributed by atoms with E-state index in [0.29, 0.717) is 31.4 Å². The van der Waals surface area contributed by atoms with Crippen molar-refractivity contribution in [3.63, 3.8) is 0 Å². The van der Waals surface area contributed by atoms with Gasteiger partial charge in [0.05, 0.1) is 13.0 Å². The summed E-state index contributed by atoms with van der Waals surface area (Å²) in [6, 6.07) is 9.20. The molecule has 0 radical (unpaired) electrons. The molecule has 5 heteroatoms. The Morgan fingerprint density at radius 2 is 1.86 bits per heavy atom. The molecule has 0 heterocycles. The molecule has 1 aromatic rings. The molecule has 0 aliphatic carbocycles. The molecular weight excluding hydrogens is 282 g/mol. The maximum absolute atomic E-state index is 12.3. The normalized spacial score (nSPS) is 10.4. The fourth-order valence-corrected chi connectivity index (χ4v) is 1.97. The Hall–Kier alpha value is -2.04. The molecule has 0 saturated carbocycles. The van der Waals surface area contributed by atoms with Crippen molar-refractivity contribution in [2.75, 3.05) is 26.3 Å². The number of rotatable bonds is 9. The highest BCUT2D eigenvalue weighted by Crippen LogP contribution is 2.09. The predicted molar refractivity (Wildman–Crippen MR) is 84.6 cm³/mol. The molecule has 0 bridgehead atoms. The van der Waals surface area contributed by atoms with Crippen molar-refractivity contribution in [1.82, 2.24) is 4.90 Å². The molecule has 22 heavy (non-hydrogen) atoms. The van der Waals surface area contributed by atoms with Crippen molar-refractivity contribution in [2.24, 2.45) is 5.92 Å². The van der Waals surface area contributed by atoms with Crippen LogP contribution in [0.1, 0.15) is 27.2 Å². The molecule has 0 unspecified atom stereocenters. The highest BCUT2D eigenvalue weighted by Gasteiger charge is 2.17. The molecule has 0 N–H and O–H groups in total. The van der Waals surface area contributed by atoms with Crippen LogP contribution in [0.15, 0.2) is 30.3 Å². The van der Waals surface area contributed by atoms with Crippen molar-refractivity contribution < 1.29 is 19.1 Å². The van der Waals surface area contributed by atoms with Crippen molar-refractivity contribution in [3.05, 3.63) is 30.3 Å². The molecule has 0 saturated heterocycles. The van der Waals surface area contributed by atoms with Gasteiger partial charge in [-0.15, -0.1) is 0 Å². The summed E-state index contributed by atoms with van der Waals surface area (Å²) in [5.41, 5.74) is 0. The molecule has 0 fully saturated rings. The lowest BCUT2D eigenvalue weighted by Gasteiger charge is -2.24. The zero-order valence-electron chi connectivity index (χ0n) is 13.6. The van der Waals surface area contributed by atoms with Crippen molar-refractivity contribution in [3.8, 4) is 5.75 Å². The molecule has 1 rings (SSSR count). The maximum Gasteiger partial charge on any atom is 0.307 e. The summed E-state index contributed by atoms with van der Waals surface area (Å²) in [4.78, 5) is 25.4. The Bertz CT molecular complexity index is 459. The fourth-order valence-electron chi connectivity index (χ4n) is 1.97. The van der Waals surface area contributed by atoms with E-state index in [2.05, 4.69) is 0 Å². The van der Waals surface area contributed by atoms with Crippen LogP contribution in [-0.2, 0) is 14.3 Å². The summed E-state index contributed by atoms with van der Waals surface area (Å²) in [5.74, 6) is 0.573. The van der Waals surface area contributed by atoms with Gasteiger partial charge >= 0.3 is 5.97 Å².